The summed E-state index contributed by atoms with van der Waals surface area (Å²) in [5.74, 6) is 0. The van der Waals surface area contributed by atoms with Crippen molar-refractivity contribution in [2.75, 3.05) is 4.90 Å². The Hall–Kier alpha value is -5.86. The summed E-state index contributed by atoms with van der Waals surface area (Å²) in [6, 6.07) is 62.0. The van der Waals surface area contributed by atoms with Crippen LogP contribution < -0.4 is 4.90 Å². The van der Waals surface area contributed by atoms with Crippen molar-refractivity contribution in [2.45, 2.75) is 0 Å². The highest BCUT2D eigenvalue weighted by Gasteiger charge is 2.17. The number of furan rings is 1. The van der Waals surface area contributed by atoms with Gasteiger partial charge in [0.2, 0.25) is 0 Å². The Kier molecular flexibility index (Phi) is 6.51. The van der Waals surface area contributed by atoms with Gasteiger partial charge >= 0.3 is 0 Å². The standard InChI is InChI=1S/C42H29NO/c1-3-13-30(14-4-1)32-15-11-18-35(29-32)43(33-16-5-2-6-17-33)34-27-25-31(26-28-34)36-19-7-8-20-37(36)39-22-12-23-40-38-21-9-10-24-41(38)44-42(39)40/h1-29H. The second-order valence-corrected chi connectivity index (χ2v) is 11.0. The molecule has 2 heteroatoms. The summed E-state index contributed by atoms with van der Waals surface area (Å²) in [6.07, 6.45) is 0. The number of rotatable bonds is 6. The van der Waals surface area contributed by atoms with Crippen LogP contribution in [0.25, 0.3) is 55.3 Å². The van der Waals surface area contributed by atoms with Gasteiger partial charge in [-0.05, 0) is 70.3 Å². The zero-order valence-electron chi connectivity index (χ0n) is 24.1. The highest BCUT2D eigenvalue weighted by atomic mass is 16.3. The van der Waals surface area contributed by atoms with Gasteiger partial charge in [-0.1, -0.05) is 133 Å². The molecule has 0 radical (unpaired) electrons. The Morgan fingerprint density at radius 2 is 0.909 bits per heavy atom. The molecule has 8 aromatic rings. The van der Waals surface area contributed by atoms with Crippen molar-refractivity contribution >= 4 is 39.0 Å². The molecule has 8 rings (SSSR count). The topological polar surface area (TPSA) is 16.4 Å². The predicted octanol–water partition coefficient (Wildman–Crippen LogP) is 12.1. The molecule has 208 valence electrons. The first-order chi connectivity index (χ1) is 21.8. The normalized spacial score (nSPS) is 11.2. The average Bonchev–Trinajstić information content (AvgIpc) is 3.49. The Morgan fingerprint density at radius 1 is 0.341 bits per heavy atom. The van der Waals surface area contributed by atoms with Crippen LogP contribution in [0.5, 0.6) is 0 Å². The monoisotopic (exact) mass is 563 g/mol. The number of anilines is 3. The lowest BCUT2D eigenvalue weighted by molar-refractivity contribution is 0.670. The third-order valence-corrected chi connectivity index (χ3v) is 8.28. The van der Waals surface area contributed by atoms with Crippen molar-refractivity contribution < 1.29 is 4.42 Å². The van der Waals surface area contributed by atoms with Gasteiger partial charge in [0.25, 0.3) is 0 Å². The number of hydrogen-bond acceptors (Lipinski definition) is 2. The minimum Gasteiger partial charge on any atom is -0.455 e. The molecule has 0 spiro atoms. The molecule has 0 bridgehead atoms. The molecule has 7 aromatic carbocycles. The summed E-state index contributed by atoms with van der Waals surface area (Å²) in [7, 11) is 0. The Bertz CT molecular complexity index is 2210. The highest BCUT2D eigenvalue weighted by Crippen LogP contribution is 2.41. The van der Waals surface area contributed by atoms with E-state index in [-0.39, 0.29) is 0 Å². The molecule has 0 aliphatic heterocycles. The molecule has 1 heterocycles. The molecule has 0 N–H and O–H groups in total. The van der Waals surface area contributed by atoms with Crippen LogP contribution in [0.15, 0.2) is 180 Å². The van der Waals surface area contributed by atoms with E-state index in [9.17, 15) is 0 Å². The number of para-hydroxylation sites is 3. The van der Waals surface area contributed by atoms with E-state index in [1.54, 1.807) is 0 Å². The number of benzene rings is 7. The first-order valence-corrected chi connectivity index (χ1v) is 14.9. The van der Waals surface area contributed by atoms with E-state index >= 15 is 0 Å². The van der Waals surface area contributed by atoms with Crippen molar-refractivity contribution in [2.24, 2.45) is 0 Å². The lowest BCUT2D eigenvalue weighted by Crippen LogP contribution is -2.09. The maximum Gasteiger partial charge on any atom is 0.143 e. The summed E-state index contributed by atoms with van der Waals surface area (Å²) in [5.41, 5.74) is 12.1. The molecule has 0 aliphatic rings. The zero-order valence-corrected chi connectivity index (χ0v) is 24.1. The highest BCUT2D eigenvalue weighted by molar-refractivity contribution is 6.10. The van der Waals surface area contributed by atoms with Crippen LogP contribution in [0.1, 0.15) is 0 Å². The summed E-state index contributed by atoms with van der Waals surface area (Å²) in [6.45, 7) is 0. The molecular formula is C42H29NO. The molecule has 0 saturated carbocycles. The molecule has 2 nitrogen and oxygen atoms in total. The Morgan fingerprint density at radius 3 is 1.73 bits per heavy atom. The maximum absolute atomic E-state index is 6.41. The van der Waals surface area contributed by atoms with Gasteiger partial charge in [0, 0.05) is 33.4 Å². The molecule has 0 fully saturated rings. The van der Waals surface area contributed by atoms with E-state index in [1.165, 1.54) is 16.7 Å². The number of nitrogens with zero attached hydrogens (tertiary/aromatic N) is 1. The fourth-order valence-electron chi connectivity index (χ4n) is 6.20. The predicted molar refractivity (Wildman–Crippen MR) is 185 cm³/mol. The van der Waals surface area contributed by atoms with E-state index in [2.05, 4.69) is 169 Å². The minimum atomic E-state index is 0.911. The first-order valence-electron chi connectivity index (χ1n) is 14.9. The van der Waals surface area contributed by atoms with Gasteiger partial charge < -0.3 is 9.32 Å². The number of fused-ring (bicyclic) bond motifs is 3. The molecule has 44 heavy (non-hydrogen) atoms. The van der Waals surface area contributed by atoms with Gasteiger partial charge in [0.15, 0.2) is 0 Å². The van der Waals surface area contributed by atoms with Gasteiger partial charge in [-0.2, -0.15) is 0 Å². The quantitative estimate of drug-likeness (QED) is 0.200. The van der Waals surface area contributed by atoms with Crippen molar-refractivity contribution in [3.8, 4) is 33.4 Å². The van der Waals surface area contributed by atoms with E-state index in [0.717, 1.165) is 55.7 Å². The van der Waals surface area contributed by atoms with Crippen molar-refractivity contribution in [1.82, 2.24) is 0 Å². The summed E-state index contributed by atoms with van der Waals surface area (Å²) >= 11 is 0. The minimum absolute atomic E-state index is 0.911. The zero-order chi connectivity index (χ0) is 29.3. The van der Waals surface area contributed by atoms with Crippen molar-refractivity contribution in [3.63, 3.8) is 0 Å². The van der Waals surface area contributed by atoms with Crippen LogP contribution in [0.4, 0.5) is 17.1 Å². The van der Waals surface area contributed by atoms with Crippen LogP contribution in [0.2, 0.25) is 0 Å². The fraction of sp³-hybridized carbons (Fsp3) is 0. The van der Waals surface area contributed by atoms with Crippen LogP contribution >= 0.6 is 0 Å². The molecule has 0 unspecified atom stereocenters. The Labute approximate surface area is 257 Å². The molecule has 0 amide bonds. The van der Waals surface area contributed by atoms with Gasteiger partial charge in [0.05, 0.1) is 0 Å². The molecule has 1 aromatic heterocycles. The Balaban J connectivity index is 1.21. The van der Waals surface area contributed by atoms with E-state index in [1.807, 2.05) is 12.1 Å². The lowest BCUT2D eigenvalue weighted by Gasteiger charge is -2.26. The largest absolute Gasteiger partial charge is 0.455 e. The average molecular weight is 564 g/mol. The molecular weight excluding hydrogens is 534 g/mol. The van der Waals surface area contributed by atoms with Crippen LogP contribution in [0, 0.1) is 0 Å². The first kappa shape index (κ1) is 25.8. The summed E-state index contributed by atoms with van der Waals surface area (Å²) in [5, 5.41) is 2.28. The summed E-state index contributed by atoms with van der Waals surface area (Å²) < 4.78 is 6.41. The third-order valence-electron chi connectivity index (χ3n) is 8.28. The van der Waals surface area contributed by atoms with E-state index in [4.69, 9.17) is 4.42 Å². The van der Waals surface area contributed by atoms with Crippen molar-refractivity contribution in [1.29, 1.82) is 0 Å². The van der Waals surface area contributed by atoms with Crippen LogP contribution in [-0.2, 0) is 0 Å². The van der Waals surface area contributed by atoms with Crippen LogP contribution in [-0.4, -0.2) is 0 Å². The number of hydrogen-bond donors (Lipinski definition) is 0. The molecule has 0 aliphatic carbocycles. The summed E-state index contributed by atoms with van der Waals surface area (Å²) in [4.78, 5) is 2.32. The maximum atomic E-state index is 6.41. The molecule has 0 saturated heterocycles. The van der Waals surface area contributed by atoms with Gasteiger partial charge in [-0.3, -0.25) is 0 Å². The lowest BCUT2D eigenvalue weighted by atomic mass is 9.93. The van der Waals surface area contributed by atoms with Gasteiger partial charge in [-0.25, -0.2) is 0 Å². The van der Waals surface area contributed by atoms with E-state index in [0.29, 0.717) is 0 Å². The third kappa shape index (κ3) is 4.63. The van der Waals surface area contributed by atoms with E-state index < -0.39 is 0 Å². The second kappa shape index (κ2) is 11.1. The molecule has 0 atom stereocenters. The SMILES string of the molecule is c1ccc(-c2cccc(N(c3ccccc3)c3ccc(-c4ccccc4-c4cccc5c4oc4ccccc45)cc3)c2)cc1. The smallest absolute Gasteiger partial charge is 0.143 e. The van der Waals surface area contributed by atoms with Crippen LogP contribution in [0.3, 0.4) is 0 Å². The van der Waals surface area contributed by atoms with Gasteiger partial charge in [0.1, 0.15) is 11.2 Å². The van der Waals surface area contributed by atoms with Crippen molar-refractivity contribution in [3.05, 3.63) is 176 Å². The second-order valence-electron chi connectivity index (χ2n) is 11.0. The van der Waals surface area contributed by atoms with Gasteiger partial charge in [-0.15, -0.1) is 0 Å². The fourth-order valence-corrected chi connectivity index (χ4v) is 6.20.